The summed E-state index contributed by atoms with van der Waals surface area (Å²) in [7, 11) is 0. The molecule has 3 rings (SSSR count). The Hall–Kier alpha value is -1.72. The zero-order valence-corrected chi connectivity index (χ0v) is 17.2. The van der Waals surface area contributed by atoms with Gasteiger partial charge in [-0.25, -0.2) is 4.39 Å². The molecule has 1 aliphatic heterocycles. The highest BCUT2D eigenvalue weighted by Crippen LogP contribution is 2.39. The summed E-state index contributed by atoms with van der Waals surface area (Å²) in [5.74, 6) is 1.10. The largest absolute Gasteiger partial charge is 0.487 e. The molecular formula is C21H23ClFNO2S. The van der Waals surface area contributed by atoms with Crippen LogP contribution in [0.2, 0.25) is 5.02 Å². The molecule has 27 heavy (non-hydrogen) atoms. The van der Waals surface area contributed by atoms with Gasteiger partial charge in [0.15, 0.2) is 0 Å². The minimum atomic E-state index is -0.347. The van der Waals surface area contributed by atoms with Gasteiger partial charge in [-0.15, -0.1) is 11.8 Å². The fourth-order valence-corrected chi connectivity index (χ4v) is 4.21. The molecule has 2 aromatic rings. The summed E-state index contributed by atoms with van der Waals surface area (Å²) >= 11 is 7.15. The second-order valence-corrected chi connectivity index (χ2v) is 8.88. The van der Waals surface area contributed by atoms with Crippen molar-refractivity contribution in [1.82, 2.24) is 5.32 Å². The molecule has 2 aromatic carbocycles. The number of hydrogen-bond acceptors (Lipinski definition) is 3. The van der Waals surface area contributed by atoms with E-state index in [0.717, 1.165) is 16.9 Å². The number of hydrogen-bond donors (Lipinski definition) is 1. The van der Waals surface area contributed by atoms with E-state index in [4.69, 9.17) is 16.3 Å². The van der Waals surface area contributed by atoms with Crippen LogP contribution in [-0.4, -0.2) is 17.3 Å². The van der Waals surface area contributed by atoms with Gasteiger partial charge in [-0.05, 0) is 44.5 Å². The number of amides is 1. The molecule has 0 spiro atoms. The lowest BCUT2D eigenvalue weighted by Gasteiger charge is -2.38. The van der Waals surface area contributed by atoms with Crippen molar-refractivity contribution in [3.63, 3.8) is 0 Å². The molecule has 0 saturated carbocycles. The number of carbonyl (C=O) groups excluding carboxylic acids is 1. The van der Waals surface area contributed by atoms with Crippen LogP contribution in [0.1, 0.15) is 43.0 Å². The third kappa shape index (κ3) is 5.17. The number of ether oxygens (including phenoxy) is 1. The van der Waals surface area contributed by atoms with Gasteiger partial charge in [-0.1, -0.05) is 35.4 Å². The van der Waals surface area contributed by atoms with E-state index in [9.17, 15) is 9.18 Å². The summed E-state index contributed by atoms with van der Waals surface area (Å²) in [5, 5.41) is 3.48. The highest BCUT2D eigenvalue weighted by Gasteiger charge is 2.34. The molecule has 0 aliphatic carbocycles. The fourth-order valence-electron chi connectivity index (χ4n) is 3.23. The maximum atomic E-state index is 13.8. The Morgan fingerprint density at radius 3 is 2.85 bits per heavy atom. The number of carbonyl (C=O) groups is 1. The first-order valence-corrected chi connectivity index (χ1v) is 10.4. The number of benzene rings is 2. The van der Waals surface area contributed by atoms with Crippen LogP contribution in [0.15, 0.2) is 36.4 Å². The summed E-state index contributed by atoms with van der Waals surface area (Å²) in [5.41, 5.74) is 2.34. The van der Waals surface area contributed by atoms with Crippen LogP contribution in [0.25, 0.3) is 0 Å². The molecule has 1 atom stereocenters. The van der Waals surface area contributed by atoms with E-state index >= 15 is 0 Å². The van der Waals surface area contributed by atoms with Gasteiger partial charge >= 0.3 is 0 Å². The van der Waals surface area contributed by atoms with Crippen molar-refractivity contribution >= 4 is 29.3 Å². The predicted octanol–water partition coefficient (Wildman–Crippen LogP) is 5.44. The molecular weight excluding hydrogens is 385 g/mol. The number of aryl methyl sites for hydroxylation is 1. The summed E-state index contributed by atoms with van der Waals surface area (Å²) in [6.07, 6.45) is 0.700. The van der Waals surface area contributed by atoms with Crippen LogP contribution >= 0.6 is 23.4 Å². The van der Waals surface area contributed by atoms with Crippen LogP contribution in [0.4, 0.5) is 4.39 Å². The summed E-state index contributed by atoms with van der Waals surface area (Å²) < 4.78 is 19.9. The molecule has 144 valence electrons. The second-order valence-electron chi connectivity index (χ2n) is 7.46. The second kappa shape index (κ2) is 8.11. The first kappa shape index (κ1) is 20.0. The minimum Gasteiger partial charge on any atom is -0.487 e. The van der Waals surface area contributed by atoms with Crippen molar-refractivity contribution in [1.29, 1.82) is 0 Å². The van der Waals surface area contributed by atoms with E-state index in [1.165, 1.54) is 17.8 Å². The number of nitrogens with one attached hydrogen (secondary N) is 1. The summed E-state index contributed by atoms with van der Waals surface area (Å²) in [6.45, 7) is 6.06. The third-order valence-electron chi connectivity index (χ3n) is 4.46. The Morgan fingerprint density at radius 1 is 1.33 bits per heavy atom. The molecule has 0 fully saturated rings. The monoisotopic (exact) mass is 407 g/mol. The van der Waals surface area contributed by atoms with E-state index in [-0.39, 0.29) is 29.1 Å². The first-order chi connectivity index (χ1) is 12.7. The van der Waals surface area contributed by atoms with E-state index in [2.05, 4.69) is 11.4 Å². The standard InChI is InChI=1S/C21H23ClFNO2S/c1-13-4-7-19-16(8-13)18(10-21(2,3)26-19)24-20(25)12-27-11-14-5-6-15(22)9-17(14)23/h4-9,18H,10-12H2,1-3H3,(H,24,25). The Labute approximate surface area is 168 Å². The Morgan fingerprint density at radius 2 is 2.11 bits per heavy atom. The molecule has 0 aromatic heterocycles. The van der Waals surface area contributed by atoms with Crippen LogP contribution in [0.3, 0.4) is 0 Å². The van der Waals surface area contributed by atoms with Crippen LogP contribution in [-0.2, 0) is 10.5 Å². The van der Waals surface area contributed by atoms with Gasteiger partial charge in [0.25, 0.3) is 0 Å². The topological polar surface area (TPSA) is 38.3 Å². The number of fused-ring (bicyclic) bond motifs is 1. The van der Waals surface area contributed by atoms with Crippen molar-refractivity contribution in [2.75, 3.05) is 5.75 Å². The third-order valence-corrected chi connectivity index (χ3v) is 5.68. The predicted molar refractivity (Wildman–Crippen MR) is 109 cm³/mol. The van der Waals surface area contributed by atoms with Gasteiger partial charge in [0.2, 0.25) is 5.91 Å². The number of thioether (sulfide) groups is 1. The Balaban J connectivity index is 1.61. The summed E-state index contributed by atoms with van der Waals surface area (Å²) in [4.78, 5) is 12.5. The molecule has 1 unspecified atom stereocenters. The van der Waals surface area contributed by atoms with Gasteiger partial charge < -0.3 is 10.1 Å². The lowest BCUT2D eigenvalue weighted by molar-refractivity contribution is -0.119. The molecule has 1 heterocycles. The average Bonchev–Trinajstić information content (AvgIpc) is 2.57. The summed E-state index contributed by atoms with van der Waals surface area (Å²) in [6, 6.07) is 10.5. The van der Waals surface area contributed by atoms with Gasteiger partial charge in [0, 0.05) is 22.8 Å². The lowest BCUT2D eigenvalue weighted by atomic mass is 9.89. The van der Waals surface area contributed by atoms with Crippen LogP contribution in [0, 0.1) is 12.7 Å². The zero-order chi connectivity index (χ0) is 19.6. The molecule has 6 heteroatoms. The van der Waals surface area contributed by atoms with Gasteiger partial charge in [-0.3, -0.25) is 4.79 Å². The molecule has 1 aliphatic rings. The van der Waals surface area contributed by atoms with Crippen molar-refractivity contribution < 1.29 is 13.9 Å². The normalized spacial score (nSPS) is 17.7. The number of halogens is 2. The van der Waals surface area contributed by atoms with Gasteiger partial charge in [0.1, 0.15) is 17.2 Å². The van der Waals surface area contributed by atoms with E-state index in [0.29, 0.717) is 22.8 Å². The van der Waals surface area contributed by atoms with Gasteiger partial charge in [0.05, 0.1) is 11.8 Å². The van der Waals surface area contributed by atoms with Crippen LogP contribution in [0.5, 0.6) is 5.75 Å². The van der Waals surface area contributed by atoms with E-state index in [1.54, 1.807) is 12.1 Å². The first-order valence-electron chi connectivity index (χ1n) is 8.84. The van der Waals surface area contributed by atoms with Crippen molar-refractivity contribution in [2.45, 2.75) is 44.6 Å². The minimum absolute atomic E-state index is 0.0653. The fraction of sp³-hybridized carbons (Fsp3) is 0.381. The van der Waals surface area contributed by atoms with E-state index in [1.807, 2.05) is 32.9 Å². The molecule has 1 N–H and O–H groups in total. The van der Waals surface area contributed by atoms with Crippen molar-refractivity contribution in [3.05, 3.63) is 63.9 Å². The molecule has 1 amide bonds. The highest BCUT2D eigenvalue weighted by atomic mass is 35.5. The maximum Gasteiger partial charge on any atom is 0.230 e. The van der Waals surface area contributed by atoms with E-state index < -0.39 is 0 Å². The smallest absolute Gasteiger partial charge is 0.230 e. The van der Waals surface area contributed by atoms with Crippen LogP contribution < -0.4 is 10.1 Å². The quantitative estimate of drug-likeness (QED) is 0.717. The average molecular weight is 408 g/mol. The SMILES string of the molecule is Cc1ccc2c(c1)C(NC(=O)CSCc1ccc(Cl)cc1F)CC(C)(C)O2. The highest BCUT2D eigenvalue weighted by molar-refractivity contribution is 7.99. The Kier molecular flexibility index (Phi) is 6.02. The Bertz CT molecular complexity index is 856. The lowest BCUT2D eigenvalue weighted by Crippen LogP contribution is -2.41. The maximum absolute atomic E-state index is 13.8. The van der Waals surface area contributed by atoms with Crippen molar-refractivity contribution in [3.8, 4) is 5.75 Å². The van der Waals surface area contributed by atoms with Gasteiger partial charge in [-0.2, -0.15) is 0 Å². The zero-order valence-electron chi connectivity index (χ0n) is 15.6. The molecule has 3 nitrogen and oxygen atoms in total. The molecule has 0 saturated heterocycles. The molecule has 0 bridgehead atoms. The van der Waals surface area contributed by atoms with Crippen molar-refractivity contribution in [2.24, 2.45) is 0 Å². The molecule has 0 radical (unpaired) electrons. The number of rotatable bonds is 5.